The van der Waals surface area contributed by atoms with Crippen LogP contribution in [0.15, 0.2) is 34.9 Å². The molecule has 150 valence electrons. The fourth-order valence-corrected chi connectivity index (χ4v) is 3.29. The molecule has 1 aliphatic rings. The van der Waals surface area contributed by atoms with Crippen molar-refractivity contribution in [1.82, 2.24) is 10.2 Å². The summed E-state index contributed by atoms with van der Waals surface area (Å²) in [5, 5.41) is 6.00. The van der Waals surface area contributed by atoms with Gasteiger partial charge in [-0.2, -0.15) is 0 Å². The van der Waals surface area contributed by atoms with Crippen LogP contribution in [0.5, 0.6) is 11.5 Å². The highest BCUT2D eigenvalue weighted by Gasteiger charge is 2.27. The third kappa shape index (κ3) is 4.12. The van der Waals surface area contributed by atoms with Gasteiger partial charge in [0.25, 0.3) is 11.8 Å². The number of hydrogen-bond donors (Lipinski definition) is 2. The number of rotatable bonds is 6. The van der Waals surface area contributed by atoms with Crippen molar-refractivity contribution in [3.8, 4) is 11.5 Å². The number of carbonyl (C=O) groups is 2. The predicted octanol–water partition coefficient (Wildman–Crippen LogP) is 2.37. The highest BCUT2D eigenvalue weighted by molar-refractivity contribution is 6.08. The van der Waals surface area contributed by atoms with E-state index in [-0.39, 0.29) is 11.7 Å². The molecule has 2 aromatic rings. The molecule has 8 heteroatoms. The summed E-state index contributed by atoms with van der Waals surface area (Å²) in [6, 6.07) is 6.78. The zero-order valence-corrected chi connectivity index (χ0v) is 16.3. The zero-order chi connectivity index (χ0) is 20.1. The summed E-state index contributed by atoms with van der Waals surface area (Å²) in [6.45, 7) is 1.29. The Morgan fingerprint density at radius 2 is 1.82 bits per heavy atom. The van der Waals surface area contributed by atoms with Crippen molar-refractivity contribution < 1.29 is 23.5 Å². The molecule has 1 saturated heterocycles. The second-order valence-electron chi connectivity index (χ2n) is 6.54. The van der Waals surface area contributed by atoms with Gasteiger partial charge in [-0.3, -0.25) is 9.59 Å². The maximum Gasteiger partial charge on any atom is 0.291 e. The fraction of sp³-hybridized carbons (Fsp3) is 0.400. The molecule has 0 atom stereocenters. The second kappa shape index (κ2) is 8.79. The number of carbonyl (C=O) groups excluding carboxylic acids is 2. The molecule has 3 rings (SSSR count). The second-order valence-corrected chi connectivity index (χ2v) is 6.54. The van der Waals surface area contributed by atoms with E-state index in [9.17, 15) is 9.59 Å². The van der Waals surface area contributed by atoms with Crippen LogP contribution in [0.2, 0.25) is 0 Å². The molecule has 0 bridgehead atoms. The van der Waals surface area contributed by atoms with Gasteiger partial charge in [-0.05, 0) is 38.1 Å². The van der Waals surface area contributed by atoms with Gasteiger partial charge < -0.3 is 29.4 Å². The van der Waals surface area contributed by atoms with Gasteiger partial charge >= 0.3 is 0 Å². The summed E-state index contributed by atoms with van der Waals surface area (Å²) in [5.41, 5.74) is 0.695. The van der Waals surface area contributed by atoms with Crippen LogP contribution >= 0.6 is 0 Å². The van der Waals surface area contributed by atoms with Crippen molar-refractivity contribution in [2.24, 2.45) is 0 Å². The van der Waals surface area contributed by atoms with Crippen molar-refractivity contribution in [2.75, 3.05) is 39.7 Å². The van der Waals surface area contributed by atoms with Crippen LogP contribution in [-0.4, -0.2) is 57.1 Å². The molecule has 2 amide bonds. The van der Waals surface area contributed by atoms with Crippen molar-refractivity contribution in [2.45, 2.75) is 18.9 Å². The largest absolute Gasteiger partial charge is 0.493 e. The Balaban J connectivity index is 1.91. The van der Waals surface area contributed by atoms with Gasteiger partial charge in [0.15, 0.2) is 17.3 Å². The average Bonchev–Trinajstić information content (AvgIpc) is 3.28. The number of ether oxygens (including phenoxy) is 2. The molecule has 0 radical (unpaired) electrons. The molecule has 0 saturated carbocycles. The summed E-state index contributed by atoms with van der Waals surface area (Å²) >= 11 is 0. The molecule has 28 heavy (non-hydrogen) atoms. The Kier molecular flexibility index (Phi) is 6.20. The lowest BCUT2D eigenvalue weighted by atomic mass is 10.0. The molecule has 0 unspecified atom stereocenters. The van der Waals surface area contributed by atoms with Crippen LogP contribution in [0, 0.1) is 0 Å². The van der Waals surface area contributed by atoms with E-state index in [0.717, 1.165) is 12.8 Å². The topological polar surface area (TPSA) is 93.0 Å². The highest BCUT2D eigenvalue weighted by atomic mass is 16.5. The first-order valence-electron chi connectivity index (χ1n) is 9.14. The third-order valence-corrected chi connectivity index (χ3v) is 4.94. The van der Waals surface area contributed by atoms with E-state index in [1.54, 1.807) is 29.2 Å². The molecule has 8 nitrogen and oxygen atoms in total. The third-order valence-electron chi connectivity index (χ3n) is 4.94. The number of piperidine rings is 1. The van der Waals surface area contributed by atoms with Gasteiger partial charge in [0.1, 0.15) is 0 Å². The number of likely N-dealkylation sites (tertiary alicyclic amines) is 1. The number of amides is 2. The number of anilines is 1. The Hall–Kier alpha value is -3.00. The van der Waals surface area contributed by atoms with Crippen molar-refractivity contribution in [3.05, 3.63) is 41.9 Å². The number of nitrogens with one attached hydrogen (secondary N) is 2. The fourth-order valence-electron chi connectivity index (χ4n) is 3.29. The smallest absolute Gasteiger partial charge is 0.291 e. The predicted molar refractivity (Wildman–Crippen MR) is 104 cm³/mol. The summed E-state index contributed by atoms with van der Waals surface area (Å²) in [7, 11) is 4.93. The van der Waals surface area contributed by atoms with Crippen LogP contribution < -0.4 is 20.1 Å². The van der Waals surface area contributed by atoms with E-state index in [0.29, 0.717) is 41.9 Å². The molecule has 1 aromatic heterocycles. The van der Waals surface area contributed by atoms with E-state index in [2.05, 4.69) is 10.6 Å². The maximum atomic E-state index is 13.2. The molecule has 2 heterocycles. The Morgan fingerprint density at radius 1 is 1.14 bits per heavy atom. The summed E-state index contributed by atoms with van der Waals surface area (Å²) in [4.78, 5) is 27.4. The lowest BCUT2D eigenvalue weighted by Crippen LogP contribution is -2.44. The van der Waals surface area contributed by atoms with Crippen LogP contribution in [0.4, 0.5) is 5.69 Å². The Morgan fingerprint density at radius 3 is 2.39 bits per heavy atom. The molecule has 2 N–H and O–H groups in total. The SMILES string of the molecule is CNC1CCN(C(=O)c2cc(OC)c(OC)cc2NC(=O)c2ccco2)CC1. The van der Waals surface area contributed by atoms with E-state index < -0.39 is 5.91 Å². The average molecular weight is 387 g/mol. The van der Waals surface area contributed by atoms with E-state index in [1.165, 1.54) is 20.5 Å². The first-order chi connectivity index (χ1) is 13.6. The van der Waals surface area contributed by atoms with E-state index >= 15 is 0 Å². The summed E-state index contributed by atoms with van der Waals surface area (Å²) < 4.78 is 15.8. The van der Waals surface area contributed by atoms with Crippen molar-refractivity contribution in [1.29, 1.82) is 0 Å². The van der Waals surface area contributed by atoms with Crippen molar-refractivity contribution >= 4 is 17.5 Å². The van der Waals surface area contributed by atoms with Crippen LogP contribution in [0.25, 0.3) is 0 Å². The maximum absolute atomic E-state index is 13.2. The first kappa shape index (κ1) is 19.8. The van der Waals surface area contributed by atoms with Gasteiger partial charge in [0.2, 0.25) is 0 Å². The number of hydrogen-bond acceptors (Lipinski definition) is 6. The lowest BCUT2D eigenvalue weighted by Gasteiger charge is -2.32. The summed E-state index contributed by atoms with van der Waals surface area (Å²) in [5.74, 6) is 0.392. The van der Waals surface area contributed by atoms with Gasteiger partial charge in [0.05, 0.1) is 31.7 Å². The number of furan rings is 1. The number of benzene rings is 1. The zero-order valence-electron chi connectivity index (χ0n) is 16.3. The normalized spacial score (nSPS) is 14.6. The lowest BCUT2D eigenvalue weighted by molar-refractivity contribution is 0.0708. The van der Waals surface area contributed by atoms with Gasteiger partial charge in [-0.1, -0.05) is 0 Å². The van der Waals surface area contributed by atoms with Gasteiger partial charge in [0, 0.05) is 25.2 Å². The number of methoxy groups -OCH3 is 2. The minimum atomic E-state index is -0.444. The van der Waals surface area contributed by atoms with E-state index in [1.807, 2.05) is 7.05 Å². The molecule has 1 aliphatic heterocycles. The Bertz CT molecular complexity index is 827. The molecule has 0 aliphatic carbocycles. The number of nitrogens with zero attached hydrogens (tertiary/aromatic N) is 1. The van der Waals surface area contributed by atoms with Crippen molar-refractivity contribution in [3.63, 3.8) is 0 Å². The van der Waals surface area contributed by atoms with Crippen LogP contribution in [0.1, 0.15) is 33.8 Å². The standard InChI is InChI=1S/C20H25N3O5/c1-21-13-6-8-23(9-7-13)20(25)14-11-17(26-2)18(27-3)12-15(14)22-19(24)16-5-4-10-28-16/h4-5,10-13,21H,6-9H2,1-3H3,(H,22,24). The van der Waals surface area contributed by atoms with Gasteiger partial charge in [-0.15, -0.1) is 0 Å². The van der Waals surface area contributed by atoms with E-state index in [4.69, 9.17) is 13.9 Å². The van der Waals surface area contributed by atoms with Crippen LogP contribution in [-0.2, 0) is 0 Å². The molecule has 1 fully saturated rings. The minimum absolute atomic E-state index is 0.156. The molecule has 0 spiro atoms. The molecular formula is C20H25N3O5. The minimum Gasteiger partial charge on any atom is -0.493 e. The van der Waals surface area contributed by atoms with Gasteiger partial charge in [-0.25, -0.2) is 0 Å². The quantitative estimate of drug-likeness (QED) is 0.791. The summed E-state index contributed by atoms with van der Waals surface area (Å²) in [6.07, 6.45) is 3.18. The first-order valence-corrected chi connectivity index (χ1v) is 9.14. The van der Waals surface area contributed by atoms with Crippen LogP contribution in [0.3, 0.4) is 0 Å². The monoisotopic (exact) mass is 387 g/mol. The molecular weight excluding hydrogens is 362 g/mol. The highest BCUT2D eigenvalue weighted by Crippen LogP contribution is 2.34. The molecule has 1 aromatic carbocycles. The Labute approximate surface area is 163 Å².